The van der Waals surface area contributed by atoms with Gasteiger partial charge in [0.25, 0.3) is 0 Å². The van der Waals surface area contributed by atoms with E-state index in [1.165, 1.54) is 11.0 Å². The van der Waals surface area contributed by atoms with E-state index in [9.17, 15) is 22.0 Å². The second-order valence-corrected chi connectivity index (χ2v) is 9.78. The van der Waals surface area contributed by atoms with Crippen molar-refractivity contribution in [3.05, 3.63) is 58.6 Å². The Kier molecular flexibility index (Phi) is 6.87. The third kappa shape index (κ3) is 4.97. The van der Waals surface area contributed by atoms with Crippen molar-refractivity contribution >= 4 is 33.6 Å². The van der Waals surface area contributed by atoms with Gasteiger partial charge in [-0.1, -0.05) is 17.7 Å². The lowest BCUT2D eigenvalue weighted by Gasteiger charge is -2.33. The van der Waals surface area contributed by atoms with Crippen LogP contribution in [0.25, 0.3) is 6.08 Å². The lowest BCUT2D eigenvalue weighted by atomic mass is 10.1. The minimum Gasteiger partial charge on any atom is -0.489 e. The number of carbonyl (C=O) groups is 1. The van der Waals surface area contributed by atoms with Crippen LogP contribution < -0.4 is 9.47 Å². The largest absolute Gasteiger partial charge is 0.489 e. The molecule has 0 aromatic heterocycles. The maximum Gasteiger partial charge on any atom is 0.249 e. The number of ether oxygens (including phenoxy) is 2. The lowest BCUT2D eigenvalue weighted by molar-refractivity contribution is -0.127. The number of hydrogen-bond donors (Lipinski definition) is 0. The smallest absolute Gasteiger partial charge is 0.249 e. The van der Waals surface area contributed by atoms with Crippen LogP contribution in [0.2, 0.25) is 5.02 Å². The van der Waals surface area contributed by atoms with Crippen LogP contribution in [0.4, 0.5) is 8.78 Å². The summed E-state index contributed by atoms with van der Waals surface area (Å²) in [4.78, 5) is 13.1. The fourth-order valence-corrected chi connectivity index (χ4v) is 5.43. The molecule has 0 radical (unpaired) electrons. The van der Waals surface area contributed by atoms with Gasteiger partial charge in [0.05, 0.1) is 18.2 Å². The van der Waals surface area contributed by atoms with Crippen LogP contribution in [-0.4, -0.2) is 62.9 Å². The van der Waals surface area contributed by atoms with Crippen molar-refractivity contribution in [1.29, 1.82) is 0 Å². The van der Waals surface area contributed by atoms with Crippen molar-refractivity contribution in [1.82, 2.24) is 9.21 Å². The Bertz CT molecular complexity index is 1180. The number of amides is 1. The highest BCUT2D eigenvalue weighted by molar-refractivity contribution is 7.89. The van der Waals surface area contributed by atoms with Gasteiger partial charge in [0.2, 0.25) is 15.9 Å². The monoisotopic (exact) mass is 498 g/mol. The molecule has 0 bridgehead atoms. The second kappa shape index (κ2) is 9.66. The van der Waals surface area contributed by atoms with E-state index in [4.69, 9.17) is 21.1 Å². The Morgan fingerprint density at radius 3 is 2.39 bits per heavy atom. The number of halogens is 3. The fourth-order valence-electron chi connectivity index (χ4n) is 3.63. The quantitative estimate of drug-likeness (QED) is 0.604. The molecule has 1 fully saturated rings. The molecule has 0 atom stereocenters. The van der Waals surface area contributed by atoms with Crippen molar-refractivity contribution in [3.63, 3.8) is 0 Å². The number of nitrogens with zero attached hydrogens (tertiary/aromatic N) is 2. The van der Waals surface area contributed by atoms with Gasteiger partial charge in [-0.05, 0) is 35.9 Å². The third-order valence-electron chi connectivity index (χ3n) is 5.31. The number of hydrogen-bond acceptors (Lipinski definition) is 5. The standard InChI is InChI=1S/C22H21ClF2N2O5S/c23-16-13-15(14-19-21(16)32-12-2-11-31-19)5-6-20(28)26-7-9-27(10-8-26)33(29,30)22-17(24)3-1-4-18(22)25/h1,3-6,13-14H,2,7-12H2/b6-5+. The van der Waals surface area contributed by atoms with Gasteiger partial charge in [-0.25, -0.2) is 17.2 Å². The Balaban J connectivity index is 1.41. The summed E-state index contributed by atoms with van der Waals surface area (Å²) in [5.41, 5.74) is 0.647. The minimum atomic E-state index is -4.36. The van der Waals surface area contributed by atoms with Gasteiger partial charge in [0.1, 0.15) is 11.6 Å². The molecule has 2 aromatic rings. The average Bonchev–Trinajstić information content (AvgIpc) is 3.03. The number of piperazine rings is 1. The molecule has 1 amide bonds. The number of fused-ring (bicyclic) bond motifs is 1. The van der Waals surface area contributed by atoms with Crippen molar-refractivity contribution in [2.75, 3.05) is 39.4 Å². The molecule has 176 valence electrons. The number of rotatable bonds is 4. The summed E-state index contributed by atoms with van der Waals surface area (Å²) < 4.78 is 65.5. The van der Waals surface area contributed by atoms with Gasteiger partial charge in [-0.15, -0.1) is 0 Å². The molecule has 2 aliphatic heterocycles. The first-order valence-electron chi connectivity index (χ1n) is 10.3. The molecule has 0 N–H and O–H groups in total. The van der Waals surface area contributed by atoms with Gasteiger partial charge in [-0.3, -0.25) is 4.79 Å². The molecular weight excluding hydrogens is 478 g/mol. The zero-order valence-corrected chi connectivity index (χ0v) is 19.0. The van der Waals surface area contributed by atoms with E-state index in [-0.39, 0.29) is 32.1 Å². The maximum absolute atomic E-state index is 14.0. The highest BCUT2D eigenvalue weighted by Crippen LogP contribution is 2.38. The Morgan fingerprint density at radius 2 is 1.70 bits per heavy atom. The fraction of sp³-hybridized carbons (Fsp3) is 0.318. The molecule has 7 nitrogen and oxygen atoms in total. The molecule has 4 rings (SSSR count). The number of carbonyl (C=O) groups excluding carboxylic acids is 1. The average molecular weight is 499 g/mol. The van der Waals surface area contributed by atoms with Gasteiger partial charge in [-0.2, -0.15) is 4.31 Å². The van der Waals surface area contributed by atoms with Crippen molar-refractivity contribution < 1.29 is 31.5 Å². The summed E-state index contributed by atoms with van der Waals surface area (Å²) in [5, 5.41) is 0.376. The van der Waals surface area contributed by atoms with E-state index in [2.05, 4.69) is 0 Å². The van der Waals surface area contributed by atoms with E-state index in [0.29, 0.717) is 35.3 Å². The first kappa shape index (κ1) is 23.5. The Labute approximate surface area is 195 Å². The molecule has 2 heterocycles. The summed E-state index contributed by atoms with van der Waals surface area (Å²) >= 11 is 6.27. The normalized spacial score (nSPS) is 17.2. The molecule has 0 spiro atoms. The van der Waals surface area contributed by atoms with Crippen LogP contribution in [0.1, 0.15) is 12.0 Å². The van der Waals surface area contributed by atoms with Crippen LogP contribution in [0.3, 0.4) is 0 Å². The van der Waals surface area contributed by atoms with Gasteiger partial charge >= 0.3 is 0 Å². The van der Waals surface area contributed by atoms with E-state index in [0.717, 1.165) is 28.9 Å². The van der Waals surface area contributed by atoms with E-state index in [1.807, 2.05) is 0 Å². The molecule has 0 saturated carbocycles. The highest BCUT2D eigenvalue weighted by Gasteiger charge is 2.33. The van der Waals surface area contributed by atoms with Crippen LogP contribution >= 0.6 is 11.6 Å². The van der Waals surface area contributed by atoms with E-state index >= 15 is 0 Å². The first-order valence-corrected chi connectivity index (χ1v) is 12.1. The molecule has 0 aliphatic carbocycles. The second-order valence-electron chi connectivity index (χ2n) is 7.49. The zero-order valence-electron chi connectivity index (χ0n) is 17.5. The molecule has 11 heteroatoms. The predicted molar refractivity (Wildman–Crippen MR) is 118 cm³/mol. The molecule has 0 unspecified atom stereocenters. The summed E-state index contributed by atoms with van der Waals surface area (Å²) in [6.07, 6.45) is 3.68. The van der Waals surface area contributed by atoms with Crippen molar-refractivity contribution in [2.45, 2.75) is 11.3 Å². The summed E-state index contributed by atoms with van der Waals surface area (Å²) in [6, 6.07) is 6.28. The Hall–Kier alpha value is -2.69. The summed E-state index contributed by atoms with van der Waals surface area (Å²) in [6.45, 7) is 1.02. The van der Waals surface area contributed by atoms with E-state index in [1.54, 1.807) is 18.2 Å². The number of benzene rings is 2. The van der Waals surface area contributed by atoms with Crippen molar-refractivity contribution in [3.8, 4) is 11.5 Å². The SMILES string of the molecule is O=C(/C=C/c1cc(Cl)c2c(c1)OCCCO2)N1CCN(S(=O)(=O)c2c(F)cccc2F)CC1. The molecular formula is C22H21ClF2N2O5S. The predicted octanol–water partition coefficient (Wildman–Crippen LogP) is 3.33. The molecule has 2 aliphatic rings. The minimum absolute atomic E-state index is 0.0778. The Morgan fingerprint density at radius 1 is 1.03 bits per heavy atom. The van der Waals surface area contributed by atoms with Crippen LogP contribution in [0.5, 0.6) is 11.5 Å². The lowest BCUT2D eigenvalue weighted by Crippen LogP contribution is -2.50. The molecule has 2 aromatic carbocycles. The van der Waals surface area contributed by atoms with Crippen molar-refractivity contribution in [2.24, 2.45) is 0 Å². The number of sulfonamides is 1. The first-order chi connectivity index (χ1) is 15.8. The summed E-state index contributed by atoms with van der Waals surface area (Å²) in [7, 11) is -4.36. The van der Waals surface area contributed by atoms with Crippen LogP contribution in [-0.2, 0) is 14.8 Å². The highest BCUT2D eigenvalue weighted by atomic mass is 35.5. The third-order valence-corrected chi connectivity index (χ3v) is 7.54. The zero-order chi connectivity index (χ0) is 23.6. The maximum atomic E-state index is 14.0. The van der Waals surface area contributed by atoms with Gasteiger partial charge in [0, 0.05) is 38.7 Å². The topological polar surface area (TPSA) is 76.2 Å². The van der Waals surface area contributed by atoms with Gasteiger partial charge in [0.15, 0.2) is 16.4 Å². The van der Waals surface area contributed by atoms with E-state index < -0.39 is 26.6 Å². The van der Waals surface area contributed by atoms with Crippen LogP contribution in [0, 0.1) is 11.6 Å². The van der Waals surface area contributed by atoms with Gasteiger partial charge < -0.3 is 14.4 Å². The molecule has 33 heavy (non-hydrogen) atoms. The summed E-state index contributed by atoms with van der Waals surface area (Å²) in [5.74, 6) is -1.64. The molecule has 1 saturated heterocycles. The van der Waals surface area contributed by atoms with Crippen LogP contribution in [0.15, 0.2) is 41.3 Å².